The fourth-order valence-corrected chi connectivity index (χ4v) is 7.79. The SMILES string of the molecule is CC12C=CN(COCC[Si](C)(C)C)C1=NC=NC2c1cnn(C2(CC#N)CN(C3CC4CCC(C3)N4)C2)c1. The Hall–Kier alpha value is -2.32. The summed E-state index contributed by atoms with van der Waals surface area (Å²) in [5, 5.41) is 18.3. The first-order valence-corrected chi connectivity index (χ1v) is 18.0. The molecule has 0 amide bonds. The summed E-state index contributed by atoms with van der Waals surface area (Å²) in [7, 11) is -1.12. The molecule has 4 atom stereocenters. The molecule has 0 spiro atoms. The minimum atomic E-state index is -1.12. The fourth-order valence-electron chi connectivity index (χ4n) is 7.03. The molecule has 1 N–H and O–H groups in total. The molecule has 9 nitrogen and oxygen atoms in total. The van der Waals surface area contributed by atoms with Crippen molar-refractivity contribution in [2.75, 3.05) is 26.4 Å². The number of hydrogen-bond donors (Lipinski definition) is 1. The van der Waals surface area contributed by atoms with Crippen molar-refractivity contribution in [3.8, 4) is 6.07 Å². The van der Waals surface area contributed by atoms with Gasteiger partial charge >= 0.3 is 0 Å². The molecular weight excluding hydrogens is 492 g/mol. The maximum atomic E-state index is 9.72. The zero-order chi connectivity index (χ0) is 26.5. The Kier molecular flexibility index (Phi) is 6.62. The average molecular weight is 535 g/mol. The van der Waals surface area contributed by atoms with Gasteiger partial charge in [-0.1, -0.05) is 25.7 Å². The number of nitrogens with zero attached hydrogens (tertiary/aromatic N) is 7. The van der Waals surface area contributed by atoms with Crippen LogP contribution in [0.5, 0.6) is 0 Å². The molecule has 204 valence electrons. The number of likely N-dealkylation sites (tertiary alicyclic amines) is 1. The second kappa shape index (κ2) is 9.70. The first kappa shape index (κ1) is 25.9. The number of ether oxygens (including phenoxy) is 1. The van der Waals surface area contributed by atoms with Gasteiger partial charge in [0.15, 0.2) is 0 Å². The zero-order valence-corrected chi connectivity index (χ0v) is 24.3. The van der Waals surface area contributed by atoms with Gasteiger partial charge in [-0.3, -0.25) is 14.6 Å². The molecule has 2 bridgehead atoms. The highest BCUT2D eigenvalue weighted by Crippen LogP contribution is 2.46. The molecule has 5 aliphatic rings. The van der Waals surface area contributed by atoms with Crippen molar-refractivity contribution in [3.63, 3.8) is 0 Å². The van der Waals surface area contributed by atoms with Gasteiger partial charge in [-0.15, -0.1) is 0 Å². The van der Waals surface area contributed by atoms with E-state index in [1.54, 1.807) is 6.34 Å². The third kappa shape index (κ3) is 4.68. The van der Waals surface area contributed by atoms with Crippen LogP contribution in [0.15, 0.2) is 34.7 Å². The third-order valence-electron chi connectivity index (χ3n) is 9.32. The van der Waals surface area contributed by atoms with Gasteiger partial charge in [-0.2, -0.15) is 10.4 Å². The van der Waals surface area contributed by atoms with Gasteiger partial charge in [0.25, 0.3) is 0 Å². The Morgan fingerprint density at radius 1 is 1.21 bits per heavy atom. The maximum absolute atomic E-state index is 9.72. The standard InChI is InChI=1S/C28H42N8OSi/c1-27-8-10-34(20-37-11-12-38(2,3)4)26(27)31-19-30-25(27)21-15-32-36(16-21)28(7-9-29)17-35(18-28)24-13-22-5-6-23(14-24)33-22/h8,10,15-16,19,22-25,33H,5-7,11-14,17-18,20H2,1-4H3. The minimum Gasteiger partial charge on any atom is -0.361 e. The van der Waals surface area contributed by atoms with Gasteiger partial charge in [0.1, 0.15) is 24.4 Å². The lowest BCUT2D eigenvalue weighted by molar-refractivity contribution is -0.0390. The largest absolute Gasteiger partial charge is 0.361 e. The van der Waals surface area contributed by atoms with Crippen molar-refractivity contribution >= 4 is 20.2 Å². The number of fused-ring (bicyclic) bond motifs is 3. The smallest absolute Gasteiger partial charge is 0.124 e. The quantitative estimate of drug-likeness (QED) is 0.383. The van der Waals surface area contributed by atoms with Gasteiger partial charge in [-0.25, -0.2) is 4.99 Å². The molecule has 0 saturated carbocycles. The summed E-state index contributed by atoms with van der Waals surface area (Å²) in [4.78, 5) is 14.2. The van der Waals surface area contributed by atoms with Crippen LogP contribution in [0.3, 0.4) is 0 Å². The number of aliphatic imine (C=N–C) groups is 2. The summed E-state index contributed by atoms with van der Waals surface area (Å²) in [5.74, 6) is 0.973. The van der Waals surface area contributed by atoms with Gasteiger partial charge in [0.2, 0.25) is 0 Å². The predicted octanol–water partition coefficient (Wildman–Crippen LogP) is 3.72. The molecule has 4 unspecified atom stereocenters. The van der Waals surface area contributed by atoms with Gasteiger partial charge in [0, 0.05) is 63.9 Å². The fraction of sp³-hybridized carbons (Fsp3) is 0.714. The molecule has 5 aliphatic heterocycles. The highest BCUT2D eigenvalue weighted by molar-refractivity contribution is 6.76. The first-order chi connectivity index (χ1) is 18.2. The van der Waals surface area contributed by atoms with Crippen molar-refractivity contribution in [3.05, 3.63) is 30.2 Å². The number of hydrogen-bond acceptors (Lipinski definition) is 8. The van der Waals surface area contributed by atoms with Crippen molar-refractivity contribution in [1.29, 1.82) is 5.26 Å². The molecule has 1 aromatic heterocycles. The number of aromatic nitrogens is 2. The van der Waals surface area contributed by atoms with E-state index in [2.05, 4.69) is 75.9 Å². The molecule has 10 heteroatoms. The summed E-state index contributed by atoms with van der Waals surface area (Å²) in [6, 6.07) is 5.47. The Bertz CT molecular complexity index is 1160. The first-order valence-electron chi connectivity index (χ1n) is 14.2. The molecule has 3 fully saturated rings. The Morgan fingerprint density at radius 3 is 2.68 bits per heavy atom. The van der Waals surface area contributed by atoms with Gasteiger partial charge in [0.05, 0.1) is 30.1 Å². The maximum Gasteiger partial charge on any atom is 0.124 e. The third-order valence-corrected chi connectivity index (χ3v) is 11.0. The van der Waals surface area contributed by atoms with Crippen LogP contribution in [0, 0.1) is 16.7 Å². The monoisotopic (exact) mass is 534 g/mol. The second-order valence-electron chi connectivity index (χ2n) is 13.5. The lowest BCUT2D eigenvalue weighted by Gasteiger charge is -2.53. The summed E-state index contributed by atoms with van der Waals surface area (Å²) in [6.07, 6.45) is 15.6. The highest BCUT2D eigenvalue weighted by Gasteiger charge is 2.51. The average Bonchev–Trinajstić information content (AvgIpc) is 3.55. The molecule has 6 heterocycles. The van der Waals surface area contributed by atoms with Crippen molar-refractivity contribution < 1.29 is 4.74 Å². The number of rotatable bonds is 9. The molecule has 0 aliphatic carbocycles. The van der Waals surface area contributed by atoms with E-state index in [0.29, 0.717) is 31.3 Å². The van der Waals surface area contributed by atoms with E-state index < -0.39 is 8.07 Å². The van der Waals surface area contributed by atoms with E-state index in [1.807, 2.05) is 6.20 Å². The summed E-state index contributed by atoms with van der Waals surface area (Å²) in [6.45, 7) is 12.4. The Morgan fingerprint density at radius 2 is 1.97 bits per heavy atom. The van der Waals surface area contributed by atoms with Crippen LogP contribution in [-0.2, 0) is 10.3 Å². The molecule has 38 heavy (non-hydrogen) atoms. The van der Waals surface area contributed by atoms with E-state index in [-0.39, 0.29) is 17.0 Å². The highest BCUT2D eigenvalue weighted by atomic mass is 28.3. The van der Waals surface area contributed by atoms with E-state index >= 15 is 0 Å². The topological polar surface area (TPSA) is 94.1 Å². The summed E-state index contributed by atoms with van der Waals surface area (Å²) in [5.41, 5.74) is 0.458. The predicted molar refractivity (Wildman–Crippen MR) is 152 cm³/mol. The molecule has 0 radical (unpaired) electrons. The lowest BCUT2D eigenvalue weighted by atomic mass is 9.79. The number of amidine groups is 1. The van der Waals surface area contributed by atoms with Crippen LogP contribution in [-0.4, -0.2) is 84.4 Å². The Labute approximate surface area is 227 Å². The number of nitriles is 1. The lowest BCUT2D eigenvalue weighted by Crippen LogP contribution is -2.67. The summed E-state index contributed by atoms with van der Waals surface area (Å²) < 4.78 is 8.10. The van der Waals surface area contributed by atoms with E-state index in [1.165, 1.54) is 25.7 Å². The van der Waals surface area contributed by atoms with Gasteiger partial charge < -0.3 is 15.0 Å². The number of nitrogens with one attached hydrogen (secondary N) is 1. The number of piperidine rings is 1. The van der Waals surface area contributed by atoms with Crippen molar-refractivity contribution in [2.45, 2.75) is 94.4 Å². The van der Waals surface area contributed by atoms with Crippen molar-refractivity contribution in [2.24, 2.45) is 15.4 Å². The van der Waals surface area contributed by atoms with Crippen LogP contribution in [0.25, 0.3) is 0 Å². The van der Waals surface area contributed by atoms with Crippen LogP contribution in [0.4, 0.5) is 0 Å². The Balaban J connectivity index is 1.13. The van der Waals surface area contributed by atoms with Crippen LogP contribution < -0.4 is 5.32 Å². The molecular formula is C28H42N8OSi. The zero-order valence-electron chi connectivity index (χ0n) is 23.3. The molecule has 1 aromatic rings. The van der Waals surface area contributed by atoms with Gasteiger partial charge in [-0.05, 0) is 38.7 Å². The second-order valence-corrected chi connectivity index (χ2v) is 19.1. The van der Waals surface area contributed by atoms with E-state index in [0.717, 1.165) is 37.1 Å². The van der Waals surface area contributed by atoms with Crippen molar-refractivity contribution in [1.82, 2.24) is 24.9 Å². The molecule has 3 saturated heterocycles. The van der Waals surface area contributed by atoms with Crippen LogP contribution >= 0.6 is 0 Å². The van der Waals surface area contributed by atoms with Crippen LogP contribution in [0.2, 0.25) is 25.7 Å². The summed E-state index contributed by atoms with van der Waals surface area (Å²) >= 11 is 0. The van der Waals surface area contributed by atoms with E-state index in [9.17, 15) is 5.26 Å². The molecule has 0 aromatic carbocycles. The molecule has 6 rings (SSSR count). The van der Waals surface area contributed by atoms with Crippen LogP contribution in [0.1, 0.15) is 50.6 Å². The minimum absolute atomic E-state index is 0.109. The van der Waals surface area contributed by atoms with E-state index in [4.69, 9.17) is 14.8 Å². The normalized spacial score (nSPS) is 33.7.